The fraction of sp³-hybridized carbons (Fsp3) is 0.111. The summed E-state index contributed by atoms with van der Waals surface area (Å²) in [5, 5.41) is 0. The molecular formula is C18H10F4N2O3. The number of para-hydroxylation sites is 1. The van der Waals surface area contributed by atoms with Gasteiger partial charge in [0.05, 0.1) is 17.7 Å². The first-order chi connectivity index (χ1) is 12.8. The average molecular weight is 378 g/mol. The Labute approximate surface area is 149 Å². The van der Waals surface area contributed by atoms with Crippen molar-refractivity contribution in [1.29, 1.82) is 0 Å². The molecule has 5 nitrogen and oxygen atoms in total. The van der Waals surface area contributed by atoms with E-state index in [1.165, 1.54) is 6.07 Å². The van der Waals surface area contributed by atoms with Gasteiger partial charge in [-0.05, 0) is 18.2 Å². The Morgan fingerprint density at radius 3 is 2.52 bits per heavy atom. The van der Waals surface area contributed by atoms with E-state index in [-0.39, 0.29) is 11.3 Å². The topological polar surface area (TPSA) is 78.4 Å². The molecule has 3 aromatic rings. The summed E-state index contributed by atoms with van der Waals surface area (Å²) in [5.74, 6) is -4.46. The SMILES string of the molecule is NC(=O)C1c2ccccc2Oc2ccc(F)c(-c3ncc(C(F)(F)F)o3)c21. The van der Waals surface area contributed by atoms with Crippen LogP contribution in [0.25, 0.3) is 11.5 Å². The standard InChI is InChI=1S/C18H10F4N2O3/c19-9-5-6-11-15(14(9)17-24-7-12(27-17)18(20,21)22)13(16(23)25)8-3-1-2-4-10(8)26-11/h1-7,13H,(H2,23,25). The monoisotopic (exact) mass is 378 g/mol. The van der Waals surface area contributed by atoms with Crippen LogP contribution in [0.1, 0.15) is 22.8 Å². The summed E-state index contributed by atoms with van der Waals surface area (Å²) in [7, 11) is 0. The third kappa shape index (κ3) is 2.71. The third-order valence-electron chi connectivity index (χ3n) is 4.18. The summed E-state index contributed by atoms with van der Waals surface area (Å²) >= 11 is 0. The number of oxazole rings is 1. The third-order valence-corrected chi connectivity index (χ3v) is 4.18. The highest BCUT2D eigenvalue weighted by atomic mass is 19.4. The molecule has 27 heavy (non-hydrogen) atoms. The van der Waals surface area contributed by atoms with Crippen LogP contribution >= 0.6 is 0 Å². The number of halogens is 4. The van der Waals surface area contributed by atoms with Gasteiger partial charge in [-0.15, -0.1) is 0 Å². The van der Waals surface area contributed by atoms with Crippen LogP contribution in [0.3, 0.4) is 0 Å². The summed E-state index contributed by atoms with van der Waals surface area (Å²) in [6.45, 7) is 0. The zero-order valence-electron chi connectivity index (χ0n) is 13.4. The van der Waals surface area contributed by atoms with E-state index in [1.54, 1.807) is 24.3 Å². The number of fused-ring (bicyclic) bond motifs is 2. The molecule has 0 fully saturated rings. The van der Waals surface area contributed by atoms with Gasteiger partial charge in [-0.1, -0.05) is 18.2 Å². The lowest BCUT2D eigenvalue weighted by Gasteiger charge is -2.27. The molecule has 1 atom stereocenters. The number of nitrogens with two attached hydrogens (primary N) is 1. The number of amides is 1. The van der Waals surface area contributed by atoms with E-state index in [9.17, 15) is 22.4 Å². The Bertz CT molecular complexity index is 1060. The van der Waals surface area contributed by atoms with E-state index in [1.807, 2.05) is 0 Å². The number of ether oxygens (including phenoxy) is 1. The number of alkyl halides is 3. The molecule has 1 amide bonds. The first-order valence-corrected chi connectivity index (χ1v) is 7.69. The minimum Gasteiger partial charge on any atom is -0.457 e. The maximum absolute atomic E-state index is 14.6. The molecule has 0 aliphatic carbocycles. The number of nitrogens with zero attached hydrogens (tertiary/aromatic N) is 1. The van der Waals surface area contributed by atoms with Crippen molar-refractivity contribution in [3.05, 3.63) is 65.3 Å². The van der Waals surface area contributed by atoms with Crippen molar-refractivity contribution in [2.24, 2.45) is 5.73 Å². The Balaban J connectivity index is 1.97. The highest BCUT2D eigenvalue weighted by Crippen LogP contribution is 2.48. The van der Waals surface area contributed by atoms with Crippen LogP contribution in [0.5, 0.6) is 11.5 Å². The van der Waals surface area contributed by atoms with Crippen LogP contribution in [0.15, 0.2) is 47.0 Å². The smallest absolute Gasteiger partial charge is 0.451 e. The van der Waals surface area contributed by atoms with Gasteiger partial charge in [-0.25, -0.2) is 9.37 Å². The molecule has 1 unspecified atom stereocenters. The highest BCUT2D eigenvalue weighted by molar-refractivity contribution is 5.91. The first-order valence-electron chi connectivity index (χ1n) is 7.69. The van der Waals surface area contributed by atoms with Gasteiger partial charge in [0.15, 0.2) is 0 Å². The molecule has 1 aliphatic heterocycles. The van der Waals surface area contributed by atoms with Crippen molar-refractivity contribution < 1.29 is 31.5 Å². The Morgan fingerprint density at radius 2 is 1.85 bits per heavy atom. The van der Waals surface area contributed by atoms with Gasteiger partial charge in [0, 0.05) is 11.1 Å². The molecule has 2 heterocycles. The van der Waals surface area contributed by atoms with Crippen LogP contribution in [-0.4, -0.2) is 10.9 Å². The van der Waals surface area contributed by atoms with E-state index in [4.69, 9.17) is 14.9 Å². The van der Waals surface area contributed by atoms with Crippen LogP contribution in [-0.2, 0) is 11.0 Å². The van der Waals surface area contributed by atoms with Gasteiger partial charge in [0.25, 0.3) is 0 Å². The first kappa shape index (κ1) is 17.1. The predicted octanol–water partition coefficient (Wildman–Crippen LogP) is 4.22. The highest BCUT2D eigenvalue weighted by Gasteiger charge is 2.39. The van der Waals surface area contributed by atoms with Gasteiger partial charge in [0.2, 0.25) is 17.6 Å². The largest absolute Gasteiger partial charge is 0.457 e. The lowest BCUT2D eigenvalue weighted by Crippen LogP contribution is -2.26. The van der Waals surface area contributed by atoms with Crippen molar-refractivity contribution in [1.82, 2.24) is 4.98 Å². The summed E-state index contributed by atoms with van der Waals surface area (Å²) in [6, 6.07) is 8.75. The summed E-state index contributed by atoms with van der Waals surface area (Å²) in [4.78, 5) is 15.7. The van der Waals surface area contributed by atoms with Crippen molar-refractivity contribution in [3.8, 4) is 23.0 Å². The maximum atomic E-state index is 14.6. The second-order valence-electron chi connectivity index (χ2n) is 5.84. The molecule has 138 valence electrons. The number of rotatable bonds is 2. The van der Waals surface area contributed by atoms with E-state index in [0.717, 1.165) is 6.07 Å². The lowest BCUT2D eigenvalue weighted by atomic mass is 9.84. The van der Waals surface area contributed by atoms with E-state index in [2.05, 4.69) is 4.98 Å². The maximum Gasteiger partial charge on any atom is 0.451 e. The summed E-state index contributed by atoms with van der Waals surface area (Å²) in [6.07, 6.45) is -4.34. The normalized spacial score (nSPS) is 15.6. The zero-order valence-corrected chi connectivity index (χ0v) is 13.4. The van der Waals surface area contributed by atoms with Gasteiger partial charge in [-0.3, -0.25) is 4.79 Å². The van der Waals surface area contributed by atoms with Crippen LogP contribution < -0.4 is 10.5 Å². The molecule has 1 aromatic heterocycles. The number of primary amides is 1. The van der Waals surface area contributed by atoms with Crippen molar-refractivity contribution >= 4 is 5.91 Å². The van der Waals surface area contributed by atoms with E-state index in [0.29, 0.717) is 17.5 Å². The van der Waals surface area contributed by atoms with Crippen LogP contribution in [0.4, 0.5) is 17.6 Å². The molecule has 0 spiro atoms. The molecule has 0 saturated heterocycles. The van der Waals surface area contributed by atoms with E-state index < -0.39 is 41.0 Å². The molecule has 0 saturated carbocycles. The minimum absolute atomic E-state index is 0.0308. The molecule has 4 rings (SSSR count). The number of benzene rings is 2. The zero-order chi connectivity index (χ0) is 19.3. The Hall–Kier alpha value is -3.36. The van der Waals surface area contributed by atoms with Crippen molar-refractivity contribution in [3.63, 3.8) is 0 Å². The summed E-state index contributed by atoms with van der Waals surface area (Å²) < 4.78 is 63.5. The average Bonchev–Trinajstić information content (AvgIpc) is 3.09. The van der Waals surface area contributed by atoms with Gasteiger partial charge >= 0.3 is 6.18 Å². The number of hydrogen-bond donors (Lipinski definition) is 1. The van der Waals surface area contributed by atoms with Crippen LogP contribution in [0, 0.1) is 5.82 Å². The van der Waals surface area contributed by atoms with Gasteiger partial charge < -0.3 is 14.9 Å². The summed E-state index contributed by atoms with van der Waals surface area (Å²) in [5.41, 5.74) is 5.46. The molecule has 0 bridgehead atoms. The fourth-order valence-electron chi connectivity index (χ4n) is 3.07. The van der Waals surface area contributed by atoms with Crippen molar-refractivity contribution in [2.45, 2.75) is 12.1 Å². The Morgan fingerprint density at radius 1 is 1.11 bits per heavy atom. The molecule has 2 N–H and O–H groups in total. The lowest BCUT2D eigenvalue weighted by molar-refractivity contribution is -0.152. The molecule has 1 aliphatic rings. The number of carbonyl (C=O) groups is 1. The molecule has 2 aromatic carbocycles. The number of hydrogen-bond acceptors (Lipinski definition) is 4. The number of carbonyl (C=O) groups excluding carboxylic acids is 1. The Kier molecular flexibility index (Phi) is 3.69. The van der Waals surface area contributed by atoms with Crippen molar-refractivity contribution in [2.75, 3.05) is 0 Å². The number of aromatic nitrogens is 1. The quantitative estimate of drug-likeness (QED) is 0.677. The van der Waals surface area contributed by atoms with E-state index >= 15 is 0 Å². The predicted molar refractivity (Wildman–Crippen MR) is 84.5 cm³/mol. The van der Waals surface area contributed by atoms with Gasteiger partial charge in [-0.2, -0.15) is 13.2 Å². The molecule has 9 heteroatoms. The van der Waals surface area contributed by atoms with Crippen LogP contribution in [0.2, 0.25) is 0 Å². The second kappa shape index (κ2) is 5.83. The molecule has 0 radical (unpaired) electrons. The fourth-order valence-corrected chi connectivity index (χ4v) is 3.07. The molecular weight excluding hydrogens is 368 g/mol. The van der Waals surface area contributed by atoms with Gasteiger partial charge in [0.1, 0.15) is 17.3 Å². The minimum atomic E-state index is -4.79. The second-order valence-corrected chi connectivity index (χ2v) is 5.84.